The average molecular weight is 551 g/mol. The number of halogens is 1. The first-order valence-electron chi connectivity index (χ1n) is 12.9. The summed E-state index contributed by atoms with van der Waals surface area (Å²) in [5, 5.41) is 0.0766. The third kappa shape index (κ3) is 5.82. The molecule has 1 saturated heterocycles. The van der Waals surface area contributed by atoms with Gasteiger partial charge in [-0.15, -0.1) is 0 Å². The van der Waals surface area contributed by atoms with Crippen molar-refractivity contribution in [2.75, 3.05) is 40.4 Å². The van der Waals surface area contributed by atoms with Gasteiger partial charge in [0, 0.05) is 13.1 Å². The van der Waals surface area contributed by atoms with Crippen molar-refractivity contribution in [3.05, 3.63) is 81.9 Å². The van der Waals surface area contributed by atoms with E-state index >= 15 is 0 Å². The van der Waals surface area contributed by atoms with E-state index < -0.39 is 5.91 Å². The molecule has 5 rings (SSSR count). The molecule has 39 heavy (non-hydrogen) atoms. The van der Waals surface area contributed by atoms with Gasteiger partial charge in [-0.25, -0.2) is 0 Å². The molecule has 0 aromatic heterocycles. The van der Waals surface area contributed by atoms with Gasteiger partial charge in [-0.3, -0.25) is 14.5 Å². The first-order valence-corrected chi connectivity index (χ1v) is 13.3. The van der Waals surface area contributed by atoms with Gasteiger partial charge in [0.2, 0.25) is 0 Å². The number of hydrogen-bond donors (Lipinski definition) is 0. The Morgan fingerprint density at radius 3 is 1.90 bits per heavy atom. The molecule has 0 atom stereocenters. The molecule has 0 bridgehead atoms. The van der Waals surface area contributed by atoms with Gasteiger partial charge in [-0.05, 0) is 67.4 Å². The Morgan fingerprint density at radius 2 is 1.33 bits per heavy atom. The van der Waals surface area contributed by atoms with Crippen molar-refractivity contribution in [2.24, 2.45) is 0 Å². The van der Waals surface area contributed by atoms with Gasteiger partial charge < -0.3 is 23.8 Å². The number of ether oxygens (including phenoxy) is 4. The van der Waals surface area contributed by atoms with E-state index in [1.807, 2.05) is 48.5 Å². The Kier molecular flexibility index (Phi) is 8.24. The normalized spacial score (nSPS) is 15.0. The molecule has 2 aliphatic rings. The summed E-state index contributed by atoms with van der Waals surface area (Å²) in [6, 6.07) is 16.5. The van der Waals surface area contributed by atoms with Crippen LogP contribution >= 0.6 is 11.6 Å². The molecule has 0 aliphatic carbocycles. The van der Waals surface area contributed by atoms with Crippen molar-refractivity contribution >= 4 is 23.4 Å². The zero-order valence-corrected chi connectivity index (χ0v) is 22.8. The zero-order valence-electron chi connectivity index (χ0n) is 22.1. The number of amides is 2. The van der Waals surface area contributed by atoms with Gasteiger partial charge in [0.25, 0.3) is 11.8 Å². The molecule has 2 aliphatic heterocycles. The summed E-state index contributed by atoms with van der Waals surface area (Å²) in [7, 11) is 3.21. The second kappa shape index (κ2) is 12.0. The Bertz CT molecular complexity index is 1340. The standard InChI is InChI=1S/C30H31ClN2O6/c1-36-22-9-5-20(6-10-22)18-38-25-17-24-26(30(35)33(29(24)34)16-15-32-13-3-4-14-32)27(31)28(25)39-19-21-7-11-23(37-2)12-8-21/h5-12,17H,3-4,13-16,18-19H2,1-2H3. The summed E-state index contributed by atoms with van der Waals surface area (Å²) in [4.78, 5) is 30.2. The average Bonchev–Trinajstić information content (AvgIpc) is 3.57. The molecule has 3 aromatic carbocycles. The second-order valence-corrected chi connectivity index (χ2v) is 9.90. The van der Waals surface area contributed by atoms with Gasteiger partial charge in [0.15, 0.2) is 11.5 Å². The number of fused-ring (bicyclic) bond motifs is 1. The number of rotatable bonds is 11. The Labute approximate surface area is 233 Å². The number of carbonyl (C=O) groups excluding carboxylic acids is 2. The van der Waals surface area contributed by atoms with Gasteiger partial charge >= 0.3 is 0 Å². The van der Waals surface area contributed by atoms with Crippen molar-refractivity contribution < 1.29 is 28.5 Å². The highest BCUT2D eigenvalue weighted by atomic mass is 35.5. The predicted molar refractivity (Wildman–Crippen MR) is 147 cm³/mol. The molecular formula is C30H31ClN2O6. The highest BCUT2D eigenvalue weighted by molar-refractivity contribution is 6.38. The van der Waals surface area contributed by atoms with E-state index in [1.165, 1.54) is 4.90 Å². The Balaban J connectivity index is 1.41. The van der Waals surface area contributed by atoms with Crippen molar-refractivity contribution in [1.29, 1.82) is 0 Å². The summed E-state index contributed by atoms with van der Waals surface area (Å²) < 4.78 is 22.7. The molecule has 204 valence electrons. The summed E-state index contributed by atoms with van der Waals surface area (Å²) in [5.74, 6) is 1.21. The van der Waals surface area contributed by atoms with Crippen LogP contribution in [-0.2, 0) is 13.2 Å². The fraction of sp³-hybridized carbons (Fsp3) is 0.333. The molecule has 8 nitrogen and oxygen atoms in total. The summed E-state index contributed by atoms with van der Waals surface area (Å²) in [5.41, 5.74) is 2.16. The number of nitrogens with zero attached hydrogens (tertiary/aromatic N) is 2. The van der Waals surface area contributed by atoms with Crippen molar-refractivity contribution in [2.45, 2.75) is 26.1 Å². The topological polar surface area (TPSA) is 77.5 Å². The van der Waals surface area contributed by atoms with Crippen LogP contribution in [-0.4, -0.2) is 62.0 Å². The van der Waals surface area contributed by atoms with Crippen LogP contribution in [0.2, 0.25) is 5.02 Å². The maximum absolute atomic E-state index is 13.4. The number of carbonyl (C=O) groups is 2. The minimum atomic E-state index is -0.407. The van der Waals surface area contributed by atoms with Crippen LogP contribution in [0.5, 0.6) is 23.0 Å². The molecular weight excluding hydrogens is 520 g/mol. The molecule has 0 saturated carbocycles. The highest BCUT2D eigenvalue weighted by Crippen LogP contribution is 2.44. The lowest BCUT2D eigenvalue weighted by atomic mass is 10.1. The Morgan fingerprint density at radius 1 is 0.769 bits per heavy atom. The number of hydrogen-bond acceptors (Lipinski definition) is 7. The van der Waals surface area contributed by atoms with Crippen LogP contribution in [0.25, 0.3) is 0 Å². The van der Waals surface area contributed by atoms with Crippen LogP contribution in [0.4, 0.5) is 0 Å². The van der Waals surface area contributed by atoms with Crippen LogP contribution in [0.15, 0.2) is 54.6 Å². The minimum Gasteiger partial charge on any atom is -0.497 e. The van der Waals surface area contributed by atoms with E-state index in [9.17, 15) is 9.59 Å². The lowest BCUT2D eigenvalue weighted by Crippen LogP contribution is -2.37. The van der Waals surface area contributed by atoms with E-state index in [-0.39, 0.29) is 41.0 Å². The smallest absolute Gasteiger partial charge is 0.263 e. The number of benzene rings is 3. The van der Waals surface area contributed by atoms with E-state index in [2.05, 4.69) is 4.90 Å². The predicted octanol–water partition coefficient (Wildman–Crippen LogP) is 5.21. The molecule has 1 fully saturated rings. The van der Waals surface area contributed by atoms with Gasteiger partial charge in [-0.2, -0.15) is 0 Å². The van der Waals surface area contributed by atoms with Crippen molar-refractivity contribution in [1.82, 2.24) is 9.80 Å². The van der Waals surface area contributed by atoms with Crippen LogP contribution < -0.4 is 18.9 Å². The molecule has 9 heteroatoms. The summed E-state index contributed by atoms with van der Waals surface area (Å²) >= 11 is 6.80. The minimum absolute atomic E-state index is 0.0766. The van der Waals surface area contributed by atoms with E-state index in [1.54, 1.807) is 20.3 Å². The highest BCUT2D eigenvalue weighted by Gasteiger charge is 2.40. The zero-order chi connectivity index (χ0) is 27.4. The van der Waals surface area contributed by atoms with Crippen LogP contribution in [0.1, 0.15) is 44.7 Å². The van der Waals surface area contributed by atoms with Crippen molar-refractivity contribution in [3.63, 3.8) is 0 Å². The van der Waals surface area contributed by atoms with Crippen molar-refractivity contribution in [3.8, 4) is 23.0 Å². The quantitative estimate of drug-likeness (QED) is 0.303. The van der Waals surface area contributed by atoms with E-state index in [0.717, 1.165) is 48.6 Å². The number of imide groups is 1. The SMILES string of the molecule is COc1ccc(COc2cc3c(c(Cl)c2OCc2ccc(OC)cc2)C(=O)N(CCN2CCCC2)C3=O)cc1. The molecule has 2 heterocycles. The molecule has 2 amide bonds. The van der Waals surface area contributed by atoms with E-state index in [0.29, 0.717) is 18.8 Å². The lowest BCUT2D eigenvalue weighted by Gasteiger charge is -2.19. The molecule has 3 aromatic rings. The first-order chi connectivity index (χ1) is 19.0. The Hall–Kier alpha value is -3.75. The fourth-order valence-electron chi connectivity index (χ4n) is 4.81. The summed E-state index contributed by atoms with van der Waals surface area (Å²) in [6.45, 7) is 3.31. The molecule has 0 unspecified atom stereocenters. The maximum atomic E-state index is 13.4. The first kappa shape index (κ1) is 26.8. The van der Waals surface area contributed by atoms with Crippen LogP contribution in [0.3, 0.4) is 0 Å². The number of likely N-dealkylation sites (tertiary alicyclic amines) is 1. The van der Waals surface area contributed by atoms with E-state index in [4.69, 9.17) is 30.5 Å². The van der Waals surface area contributed by atoms with Gasteiger partial charge in [-0.1, -0.05) is 35.9 Å². The number of methoxy groups -OCH3 is 2. The molecule has 0 N–H and O–H groups in total. The molecule has 0 radical (unpaired) electrons. The van der Waals surface area contributed by atoms with Gasteiger partial charge in [0.1, 0.15) is 29.7 Å². The summed E-state index contributed by atoms with van der Waals surface area (Å²) in [6.07, 6.45) is 2.27. The maximum Gasteiger partial charge on any atom is 0.263 e. The third-order valence-electron chi connectivity index (χ3n) is 7.06. The lowest BCUT2D eigenvalue weighted by molar-refractivity contribution is 0.0640. The fourth-order valence-corrected chi connectivity index (χ4v) is 5.14. The second-order valence-electron chi connectivity index (χ2n) is 9.52. The third-order valence-corrected chi connectivity index (χ3v) is 7.42. The molecule has 0 spiro atoms. The van der Waals surface area contributed by atoms with Crippen LogP contribution in [0, 0.1) is 0 Å². The monoisotopic (exact) mass is 550 g/mol. The van der Waals surface area contributed by atoms with Gasteiger partial charge in [0.05, 0.1) is 25.3 Å². The largest absolute Gasteiger partial charge is 0.497 e.